The smallest absolute Gasteiger partial charge is 0.238 e. The maximum absolute atomic E-state index is 12.7. The van der Waals surface area contributed by atoms with Crippen molar-refractivity contribution in [3.05, 3.63) is 48.2 Å². The van der Waals surface area contributed by atoms with Crippen molar-refractivity contribution in [1.82, 2.24) is 9.88 Å². The second-order valence-electron chi connectivity index (χ2n) is 8.86. The average Bonchev–Trinajstić information content (AvgIpc) is 3.04. The highest BCUT2D eigenvalue weighted by Crippen LogP contribution is 2.22. The van der Waals surface area contributed by atoms with Gasteiger partial charge in [0.05, 0.1) is 24.3 Å². The fourth-order valence-electron chi connectivity index (χ4n) is 4.62. The molecule has 3 heterocycles. The van der Waals surface area contributed by atoms with Crippen LogP contribution >= 0.6 is 0 Å². The minimum absolute atomic E-state index is 0.0135. The standard InChI is InChI=1S/C25H32N6O2/c1-19-16-31(17-20(2)33-19)23-8-6-22(7-9-23)28-24(32)18-29-11-4-12-30(14-13-29)25-21(15-26)5-3-10-27-25/h3,5-10,19-20H,4,11-14,16-18H2,1-2H3,(H,28,32). The number of aromatic nitrogens is 1. The van der Waals surface area contributed by atoms with Crippen LogP contribution in [-0.4, -0.2) is 73.8 Å². The molecular weight excluding hydrogens is 416 g/mol. The van der Waals surface area contributed by atoms with Crippen molar-refractivity contribution in [2.75, 3.05) is 60.9 Å². The molecule has 0 spiro atoms. The summed E-state index contributed by atoms with van der Waals surface area (Å²) in [6.07, 6.45) is 3.06. The summed E-state index contributed by atoms with van der Waals surface area (Å²) in [5.74, 6) is 0.718. The topological polar surface area (TPSA) is 84.7 Å². The van der Waals surface area contributed by atoms with Crippen LogP contribution in [0.2, 0.25) is 0 Å². The molecule has 0 radical (unpaired) electrons. The number of ether oxygens (including phenoxy) is 1. The van der Waals surface area contributed by atoms with Gasteiger partial charge in [0.15, 0.2) is 0 Å². The first-order chi connectivity index (χ1) is 16.0. The minimum atomic E-state index is -0.0135. The van der Waals surface area contributed by atoms with Gasteiger partial charge in [-0.2, -0.15) is 5.26 Å². The fraction of sp³-hybridized carbons (Fsp3) is 0.480. The van der Waals surface area contributed by atoms with Crippen LogP contribution in [0.3, 0.4) is 0 Å². The van der Waals surface area contributed by atoms with Gasteiger partial charge in [0, 0.05) is 56.8 Å². The maximum atomic E-state index is 12.7. The lowest BCUT2D eigenvalue weighted by Crippen LogP contribution is -2.45. The number of anilines is 3. The molecule has 0 aliphatic carbocycles. The first kappa shape index (κ1) is 23.0. The SMILES string of the molecule is CC1CN(c2ccc(NC(=O)CN3CCCN(c4ncccc4C#N)CC3)cc2)CC(C)O1. The molecule has 1 amide bonds. The van der Waals surface area contributed by atoms with Gasteiger partial charge in [-0.25, -0.2) is 4.98 Å². The van der Waals surface area contributed by atoms with E-state index in [1.54, 1.807) is 18.3 Å². The van der Waals surface area contributed by atoms with E-state index in [0.29, 0.717) is 12.1 Å². The highest BCUT2D eigenvalue weighted by molar-refractivity contribution is 5.92. The van der Waals surface area contributed by atoms with E-state index >= 15 is 0 Å². The summed E-state index contributed by atoms with van der Waals surface area (Å²) in [7, 11) is 0. The Morgan fingerprint density at radius 3 is 2.58 bits per heavy atom. The van der Waals surface area contributed by atoms with E-state index in [1.165, 1.54) is 0 Å². The number of rotatable bonds is 5. The van der Waals surface area contributed by atoms with Crippen LogP contribution in [0.1, 0.15) is 25.8 Å². The zero-order valence-electron chi connectivity index (χ0n) is 19.4. The largest absolute Gasteiger partial charge is 0.372 e. The van der Waals surface area contributed by atoms with E-state index in [9.17, 15) is 10.1 Å². The van der Waals surface area contributed by atoms with Crippen molar-refractivity contribution in [2.45, 2.75) is 32.5 Å². The molecule has 2 fully saturated rings. The Hall–Kier alpha value is -3.15. The number of pyridine rings is 1. The van der Waals surface area contributed by atoms with E-state index in [1.807, 2.05) is 12.1 Å². The van der Waals surface area contributed by atoms with Gasteiger partial charge in [0.1, 0.15) is 11.9 Å². The van der Waals surface area contributed by atoms with E-state index < -0.39 is 0 Å². The predicted octanol–water partition coefficient (Wildman–Crippen LogP) is 2.72. The van der Waals surface area contributed by atoms with Crippen molar-refractivity contribution in [3.63, 3.8) is 0 Å². The summed E-state index contributed by atoms with van der Waals surface area (Å²) in [4.78, 5) is 23.7. The fourth-order valence-corrected chi connectivity index (χ4v) is 4.62. The van der Waals surface area contributed by atoms with Crippen molar-refractivity contribution in [2.24, 2.45) is 0 Å². The molecule has 8 nitrogen and oxygen atoms in total. The molecule has 2 unspecified atom stereocenters. The Morgan fingerprint density at radius 1 is 1.09 bits per heavy atom. The molecular formula is C25H32N6O2. The normalized spacial score (nSPS) is 21.8. The number of nitrogens with one attached hydrogen (secondary N) is 1. The highest BCUT2D eigenvalue weighted by Gasteiger charge is 2.23. The molecule has 4 rings (SSSR count). The summed E-state index contributed by atoms with van der Waals surface area (Å²) < 4.78 is 5.81. The van der Waals surface area contributed by atoms with Crippen molar-refractivity contribution in [3.8, 4) is 6.07 Å². The predicted molar refractivity (Wildman–Crippen MR) is 130 cm³/mol. The van der Waals surface area contributed by atoms with E-state index in [-0.39, 0.29) is 18.1 Å². The number of amides is 1. The summed E-state index contributed by atoms with van der Waals surface area (Å²) in [5, 5.41) is 12.4. The van der Waals surface area contributed by atoms with E-state index in [0.717, 1.165) is 62.9 Å². The third-order valence-corrected chi connectivity index (χ3v) is 6.10. The first-order valence-corrected chi connectivity index (χ1v) is 11.6. The molecule has 1 N–H and O–H groups in total. The first-order valence-electron chi connectivity index (χ1n) is 11.6. The summed E-state index contributed by atoms with van der Waals surface area (Å²) in [6, 6.07) is 13.8. The van der Waals surface area contributed by atoms with Gasteiger partial charge < -0.3 is 19.9 Å². The van der Waals surface area contributed by atoms with Gasteiger partial charge >= 0.3 is 0 Å². The van der Waals surface area contributed by atoms with Crippen LogP contribution in [0.25, 0.3) is 0 Å². The van der Waals surface area contributed by atoms with Crippen molar-refractivity contribution >= 4 is 23.1 Å². The van der Waals surface area contributed by atoms with Crippen molar-refractivity contribution in [1.29, 1.82) is 5.26 Å². The van der Waals surface area contributed by atoms with Crippen LogP contribution in [0.15, 0.2) is 42.6 Å². The third kappa shape index (κ3) is 6.01. The van der Waals surface area contributed by atoms with Gasteiger partial charge in [-0.3, -0.25) is 9.69 Å². The monoisotopic (exact) mass is 448 g/mol. The highest BCUT2D eigenvalue weighted by atomic mass is 16.5. The number of carbonyl (C=O) groups is 1. The van der Waals surface area contributed by atoms with Gasteiger partial charge in [-0.05, 0) is 56.7 Å². The number of hydrogen-bond donors (Lipinski definition) is 1. The van der Waals surface area contributed by atoms with E-state index in [4.69, 9.17) is 4.74 Å². The lowest BCUT2D eigenvalue weighted by atomic mass is 10.2. The number of hydrogen-bond acceptors (Lipinski definition) is 7. The third-order valence-electron chi connectivity index (χ3n) is 6.10. The Balaban J connectivity index is 1.29. The van der Waals surface area contributed by atoms with Crippen LogP contribution in [0.5, 0.6) is 0 Å². The quantitative estimate of drug-likeness (QED) is 0.753. The van der Waals surface area contributed by atoms with Crippen LogP contribution in [0, 0.1) is 11.3 Å². The number of nitrogens with zero attached hydrogens (tertiary/aromatic N) is 5. The molecule has 2 aliphatic heterocycles. The number of morpholine rings is 1. The minimum Gasteiger partial charge on any atom is -0.372 e. The van der Waals surface area contributed by atoms with Crippen LogP contribution in [0.4, 0.5) is 17.2 Å². The summed E-state index contributed by atoms with van der Waals surface area (Å²) >= 11 is 0. The van der Waals surface area contributed by atoms with Crippen LogP contribution in [-0.2, 0) is 9.53 Å². The lowest BCUT2D eigenvalue weighted by Gasteiger charge is -2.36. The molecule has 2 atom stereocenters. The molecule has 0 bridgehead atoms. The maximum Gasteiger partial charge on any atom is 0.238 e. The number of benzene rings is 1. The Labute approximate surface area is 195 Å². The molecule has 2 aliphatic rings. The zero-order valence-corrected chi connectivity index (χ0v) is 19.4. The molecule has 1 aromatic heterocycles. The van der Waals surface area contributed by atoms with Gasteiger partial charge in [-0.1, -0.05) is 0 Å². The molecule has 8 heteroatoms. The molecule has 2 aromatic rings. The number of carbonyl (C=O) groups excluding carboxylic acids is 1. The Bertz CT molecular complexity index is 979. The summed E-state index contributed by atoms with van der Waals surface area (Å²) in [5.41, 5.74) is 2.55. The molecule has 174 valence electrons. The lowest BCUT2D eigenvalue weighted by molar-refractivity contribution is -0.117. The van der Waals surface area contributed by atoms with Crippen LogP contribution < -0.4 is 15.1 Å². The van der Waals surface area contributed by atoms with Gasteiger partial charge in [0.2, 0.25) is 5.91 Å². The average molecular weight is 449 g/mol. The van der Waals surface area contributed by atoms with Crippen molar-refractivity contribution < 1.29 is 9.53 Å². The van der Waals surface area contributed by atoms with Gasteiger partial charge in [-0.15, -0.1) is 0 Å². The second-order valence-corrected chi connectivity index (χ2v) is 8.86. The molecule has 1 aromatic carbocycles. The molecule has 33 heavy (non-hydrogen) atoms. The summed E-state index contributed by atoms with van der Waals surface area (Å²) in [6.45, 7) is 9.44. The Morgan fingerprint density at radius 2 is 1.85 bits per heavy atom. The van der Waals surface area contributed by atoms with Gasteiger partial charge in [0.25, 0.3) is 0 Å². The number of nitriles is 1. The molecule has 2 saturated heterocycles. The second kappa shape index (κ2) is 10.6. The van der Waals surface area contributed by atoms with E-state index in [2.05, 4.69) is 57.0 Å². The zero-order chi connectivity index (χ0) is 23.2. The Kier molecular flexibility index (Phi) is 7.43. The molecule has 0 saturated carbocycles.